The van der Waals surface area contributed by atoms with Gasteiger partial charge in [-0.2, -0.15) is 0 Å². The summed E-state index contributed by atoms with van der Waals surface area (Å²) in [5, 5.41) is 18.7. The number of aliphatic hydroxyl groups excluding tert-OH is 1. The average molecular weight is 320 g/mol. The fourth-order valence-corrected chi connectivity index (χ4v) is 3.49. The largest absolute Gasteiger partial charge is 0.508 e. The zero-order valence-electron chi connectivity index (χ0n) is 14.3. The fourth-order valence-electron chi connectivity index (χ4n) is 3.49. The van der Waals surface area contributed by atoms with E-state index in [0.717, 1.165) is 37.9 Å². The Morgan fingerprint density at radius 1 is 1.39 bits per heavy atom. The molecule has 2 atom stereocenters. The van der Waals surface area contributed by atoms with Crippen LogP contribution in [0.5, 0.6) is 5.75 Å². The number of phenolic OH excluding ortho intramolecular Hbond substituents is 1. The van der Waals surface area contributed by atoms with Crippen molar-refractivity contribution < 1.29 is 15.0 Å². The number of rotatable bonds is 5. The topological polar surface area (TPSA) is 64.0 Å². The van der Waals surface area contributed by atoms with Crippen LogP contribution in [0.15, 0.2) is 18.2 Å². The van der Waals surface area contributed by atoms with Crippen molar-refractivity contribution in [3.05, 3.63) is 29.3 Å². The van der Waals surface area contributed by atoms with Gasteiger partial charge < -0.3 is 20.0 Å². The number of carbonyl (C=O) groups excluding carboxylic acids is 1. The van der Waals surface area contributed by atoms with Gasteiger partial charge >= 0.3 is 0 Å². The summed E-state index contributed by atoms with van der Waals surface area (Å²) in [5.41, 5.74) is 1.35. The molecule has 1 aromatic rings. The van der Waals surface area contributed by atoms with Crippen LogP contribution in [0.3, 0.4) is 0 Å². The van der Waals surface area contributed by atoms with E-state index in [4.69, 9.17) is 5.11 Å². The van der Waals surface area contributed by atoms with Crippen molar-refractivity contribution >= 4 is 5.91 Å². The minimum Gasteiger partial charge on any atom is -0.508 e. The van der Waals surface area contributed by atoms with Gasteiger partial charge in [0.1, 0.15) is 5.75 Å². The number of amides is 1. The molecule has 23 heavy (non-hydrogen) atoms. The van der Waals surface area contributed by atoms with E-state index >= 15 is 0 Å². The number of aliphatic hydroxyl groups is 1. The number of hydrogen-bond donors (Lipinski definition) is 2. The molecule has 128 valence electrons. The second kappa shape index (κ2) is 7.79. The van der Waals surface area contributed by atoms with Crippen LogP contribution in [0, 0.1) is 12.8 Å². The Labute approximate surface area is 138 Å². The molecule has 5 heteroatoms. The zero-order chi connectivity index (χ0) is 17.0. The lowest BCUT2D eigenvalue weighted by molar-refractivity contribution is 0.0495. The Kier molecular flexibility index (Phi) is 6.02. The van der Waals surface area contributed by atoms with Crippen LogP contribution in [0.25, 0.3) is 0 Å². The maximum absolute atomic E-state index is 12.7. The number of nitrogens with zero attached hydrogens (tertiary/aromatic N) is 2. The highest BCUT2D eigenvalue weighted by molar-refractivity contribution is 5.94. The van der Waals surface area contributed by atoms with Crippen molar-refractivity contribution in [3.63, 3.8) is 0 Å². The van der Waals surface area contributed by atoms with Gasteiger partial charge in [-0.1, -0.05) is 0 Å². The van der Waals surface area contributed by atoms with Crippen molar-refractivity contribution in [2.45, 2.75) is 32.2 Å². The molecular formula is C18H28N2O3. The maximum Gasteiger partial charge on any atom is 0.253 e. The van der Waals surface area contributed by atoms with E-state index < -0.39 is 0 Å². The molecule has 0 spiro atoms. The number of aryl methyl sites for hydroxylation is 1. The number of benzene rings is 1. The molecule has 1 amide bonds. The smallest absolute Gasteiger partial charge is 0.253 e. The van der Waals surface area contributed by atoms with Gasteiger partial charge in [-0.25, -0.2) is 0 Å². The Morgan fingerprint density at radius 3 is 2.74 bits per heavy atom. The zero-order valence-corrected chi connectivity index (χ0v) is 14.3. The van der Waals surface area contributed by atoms with Crippen molar-refractivity contribution in [1.82, 2.24) is 9.80 Å². The van der Waals surface area contributed by atoms with Gasteiger partial charge in [-0.05, 0) is 70.0 Å². The predicted molar refractivity (Wildman–Crippen MR) is 90.6 cm³/mol. The summed E-state index contributed by atoms with van der Waals surface area (Å²) in [4.78, 5) is 16.9. The summed E-state index contributed by atoms with van der Waals surface area (Å²) in [5.74, 6) is 0.626. The van der Waals surface area contributed by atoms with Gasteiger partial charge in [-0.15, -0.1) is 0 Å². The summed E-state index contributed by atoms with van der Waals surface area (Å²) >= 11 is 0. The van der Waals surface area contributed by atoms with Gasteiger partial charge in [0.25, 0.3) is 5.91 Å². The molecule has 0 saturated carbocycles. The first-order chi connectivity index (χ1) is 10.9. The Morgan fingerprint density at radius 2 is 2.13 bits per heavy atom. The molecule has 0 aromatic heterocycles. The number of aromatic hydroxyl groups is 1. The summed E-state index contributed by atoms with van der Waals surface area (Å²) < 4.78 is 0. The molecule has 1 aromatic carbocycles. The van der Waals surface area contributed by atoms with E-state index in [2.05, 4.69) is 19.0 Å². The molecule has 0 aliphatic carbocycles. The van der Waals surface area contributed by atoms with Crippen LogP contribution in [-0.2, 0) is 0 Å². The standard InChI is InChI=1S/C18H28N2O3/c1-13-11-14(6-7-17(13)22)18(23)20-9-8-16(19(2)3)15(12-20)5-4-10-21/h6-7,11,15-16,21-22H,4-5,8-10,12H2,1-3H3/t15-,16+/m1/s1. The fraction of sp³-hybridized carbons (Fsp3) is 0.611. The molecule has 1 saturated heterocycles. The molecule has 1 aliphatic heterocycles. The van der Waals surface area contributed by atoms with E-state index in [1.54, 1.807) is 25.1 Å². The molecule has 0 bridgehead atoms. The van der Waals surface area contributed by atoms with E-state index in [0.29, 0.717) is 17.5 Å². The molecule has 0 unspecified atom stereocenters. The van der Waals surface area contributed by atoms with Gasteiger partial charge in [0, 0.05) is 31.3 Å². The molecule has 1 heterocycles. The lowest BCUT2D eigenvalue weighted by Crippen LogP contribution is -2.50. The SMILES string of the molecule is Cc1cc(C(=O)N2CC[C@H](N(C)C)[C@H](CCCO)C2)ccc1O. The number of likely N-dealkylation sites (tertiary alicyclic amines) is 1. The second-order valence-electron chi connectivity index (χ2n) is 6.70. The van der Waals surface area contributed by atoms with Crippen molar-refractivity contribution in [2.75, 3.05) is 33.8 Å². The highest BCUT2D eigenvalue weighted by Crippen LogP contribution is 2.26. The average Bonchev–Trinajstić information content (AvgIpc) is 2.54. The number of phenols is 1. The molecule has 2 rings (SSSR count). The van der Waals surface area contributed by atoms with Gasteiger partial charge in [-0.3, -0.25) is 4.79 Å². The van der Waals surface area contributed by atoms with Crippen molar-refractivity contribution in [2.24, 2.45) is 5.92 Å². The lowest BCUT2D eigenvalue weighted by Gasteiger charge is -2.41. The molecule has 0 radical (unpaired) electrons. The van der Waals surface area contributed by atoms with E-state index in [9.17, 15) is 9.90 Å². The Bertz CT molecular complexity index is 545. The molecule has 1 fully saturated rings. The number of piperidine rings is 1. The third kappa shape index (κ3) is 4.24. The summed E-state index contributed by atoms with van der Waals surface area (Å²) in [6, 6.07) is 5.47. The molecule has 1 aliphatic rings. The minimum absolute atomic E-state index is 0.0271. The van der Waals surface area contributed by atoms with Crippen LogP contribution in [0.1, 0.15) is 35.2 Å². The first-order valence-electron chi connectivity index (χ1n) is 8.30. The van der Waals surface area contributed by atoms with Crippen LogP contribution in [0.2, 0.25) is 0 Å². The Hall–Kier alpha value is -1.59. The summed E-state index contributed by atoms with van der Waals surface area (Å²) in [7, 11) is 4.16. The van der Waals surface area contributed by atoms with Crippen LogP contribution >= 0.6 is 0 Å². The summed E-state index contributed by atoms with van der Waals surface area (Å²) in [6.07, 6.45) is 2.65. The number of hydrogen-bond acceptors (Lipinski definition) is 4. The van der Waals surface area contributed by atoms with Crippen molar-refractivity contribution in [3.8, 4) is 5.75 Å². The first-order valence-corrected chi connectivity index (χ1v) is 8.30. The maximum atomic E-state index is 12.7. The van der Waals surface area contributed by atoms with E-state index in [-0.39, 0.29) is 18.3 Å². The molecule has 5 nitrogen and oxygen atoms in total. The highest BCUT2D eigenvalue weighted by atomic mass is 16.3. The van der Waals surface area contributed by atoms with Crippen LogP contribution in [-0.4, -0.2) is 65.8 Å². The van der Waals surface area contributed by atoms with Crippen LogP contribution < -0.4 is 0 Å². The Balaban J connectivity index is 2.10. The highest BCUT2D eigenvalue weighted by Gasteiger charge is 2.32. The van der Waals surface area contributed by atoms with Crippen molar-refractivity contribution in [1.29, 1.82) is 0 Å². The van der Waals surface area contributed by atoms with Gasteiger partial charge in [0.2, 0.25) is 0 Å². The lowest BCUT2D eigenvalue weighted by atomic mass is 9.87. The quantitative estimate of drug-likeness (QED) is 0.869. The van der Waals surface area contributed by atoms with Gasteiger partial charge in [0.05, 0.1) is 0 Å². The molecule has 2 N–H and O–H groups in total. The molecular weight excluding hydrogens is 292 g/mol. The predicted octanol–water partition coefficient (Wildman–Crippen LogP) is 1.87. The van der Waals surface area contributed by atoms with Crippen LogP contribution in [0.4, 0.5) is 0 Å². The van der Waals surface area contributed by atoms with E-state index in [1.165, 1.54) is 0 Å². The number of carbonyl (C=O) groups is 1. The third-order valence-corrected chi connectivity index (χ3v) is 4.82. The normalized spacial score (nSPS) is 21.7. The monoisotopic (exact) mass is 320 g/mol. The third-order valence-electron chi connectivity index (χ3n) is 4.82. The van der Waals surface area contributed by atoms with Gasteiger partial charge in [0.15, 0.2) is 0 Å². The summed E-state index contributed by atoms with van der Waals surface area (Å²) in [6.45, 7) is 3.47. The second-order valence-corrected chi connectivity index (χ2v) is 6.70. The van der Waals surface area contributed by atoms with E-state index in [1.807, 2.05) is 4.90 Å². The minimum atomic E-state index is 0.0271. The first kappa shape index (κ1) is 17.8.